The minimum Gasteiger partial charge on any atom is -0.490 e. The molecule has 8 heteroatoms. The zero-order valence-electron chi connectivity index (χ0n) is 13.5. The van der Waals surface area contributed by atoms with Crippen LogP contribution in [0.3, 0.4) is 0 Å². The molecule has 1 aliphatic rings. The van der Waals surface area contributed by atoms with Crippen LogP contribution < -0.4 is 10.1 Å². The Morgan fingerprint density at radius 1 is 1.28 bits per heavy atom. The monoisotopic (exact) mass is 359 g/mol. The number of hydrogen-bond acceptors (Lipinski definition) is 7. The molecule has 3 rings (SSSR count). The molecule has 25 heavy (non-hydrogen) atoms. The van der Waals surface area contributed by atoms with E-state index in [1.807, 2.05) is 6.07 Å². The zero-order valence-corrected chi connectivity index (χ0v) is 14.2. The molecule has 1 fully saturated rings. The molecule has 2 aromatic rings. The fourth-order valence-electron chi connectivity index (χ4n) is 2.88. The van der Waals surface area contributed by atoms with E-state index in [4.69, 9.17) is 21.6 Å². The van der Waals surface area contributed by atoms with Gasteiger partial charge in [-0.15, -0.1) is 5.10 Å². The molecule has 7 nitrogen and oxygen atoms in total. The molecule has 0 aliphatic heterocycles. The lowest BCUT2D eigenvalue weighted by molar-refractivity contribution is 0.0827. The molecule has 1 unspecified atom stereocenters. The van der Waals surface area contributed by atoms with Crippen molar-refractivity contribution < 1.29 is 9.84 Å². The van der Waals surface area contributed by atoms with E-state index < -0.39 is 6.23 Å². The van der Waals surface area contributed by atoms with Crippen molar-refractivity contribution in [2.75, 3.05) is 0 Å². The van der Waals surface area contributed by atoms with Crippen molar-refractivity contribution in [1.29, 1.82) is 5.26 Å². The minimum atomic E-state index is -0.923. The molecule has 1 aliphatic carbocycles. The number of aliphatic hydroxyl groups is 1. The number of nitriles is 1. The van der Waals surface area contributed by atoms with Gasteiger partial charge in [0.05, 0.1) is 22.9 Å². The highest BCUT2D eigenvalue weighted by Gasteiger charge is 2.25. The van der Waals surface area contributed by atoms with Gasteiger partial charge in [0.1, 0.15) is 11.8 Å². The van der Waals surface area contributed by atoms with Crippen molar-refractivity contribution >= 4 is 11.6 Å². The lowest BCUT2D eigenvalue weighted by atomic mass is 9.93. The summed E-state index contributed by atoms with van der Waals surface area (Å²) >= 11 is 6.03. The van der Waals surface area contributed by atoms with Crippen molar-refractivity contribution in [2.45, 2.75) is 44.1 Å². The Labute approximate surface area is 150 Å². The fourth-order valence-corrected chi connectivity index (χ4v) is 3.09. The molecule has 1 aromatic carbocycles. The van der Waals surface area contributed by atoms with Gasteiger partial charge < -0.3 is 9.84 Å². The fraction of sp³-hybridized carbons (Fsp3) is 0.412. The van der Waals surface area contributed by atoms with Crippen LogP contribution in [0.4, 0.5) is 0 Å². The van der Waals surface area contributed by atoms with Crippen LogP contribution in [-0.2, 0) is 0 Å². The van der Waals surface area contributed by atoms with Crippen molar-refractivity contribution in [3.05, 3.63) is 47.0 Å². The molecule has 130 valence electrons. The first-order valence-electron chi connectivity index (χ1n) is 8.09. The Morgan fingerprint density at radius 3 is 2.72 bits per heavy atom. The Morgan fingerprint density at radius 2 is 2.08 bits per heavy atom. The molecule has 0 saturated heterocycles. The van der Waals surface area contributed by atoms with Gasteiger partial charge >= 0.3 is 0 Å². The van der Waals surface area contributed by atoms with Gasteiger partial charge in [-0.1, -0.05) is 11.6 Å². The number of halogens is 1. The van der Waals surface area contributed by atoms with Crippen molar-refractivity contribution in [3.63, 3.8) is 0 Å². The van der Waals surface area contributed by atoms with Crippen molar-refractivity contribution in [1.82, 2.24) is 20.5 Å². The molecule has 1 heterocycles. The van der Waals surface area contributed by atoms with Crippen LogP contribution in [0.15, 0.2) is 30.6 Å². The van der Waals surface area contributed by atoms with Gasteiger partial charge in [-0.3, -0.25) is 5.32 Å². The summed E-state index contributed by atoms with van der Waals surface area (Å²) in [5, 5.41) is 30.0. The maximum atomic E-state index is 10.1. The first kappa shape index (κ1) is 17.5. The van der Waals surface area contributed by atoms with Crippen LogP contribution in [0.1, 0.15) is 43.3 Å². The summed E-state index contributed by atoms with van der Waals surface area (Å²) < 4.78 is 5.95. The first-order valence-corrected chi connectivity index (χ1v) is 8.47. The maximum Gasteiger partial charge on any atom is 0.194 e. The molecular formula is C17H18ClN5O2. The second-order valence-corrected chi connectivity index (χ2v) is 6.32. The summed E-state index contributed by atoms with van der Waals surface area (Å²) in [5.74, 6) is 0.942. The number of ether oxygens (including phenoxy) is 1. The number of nitrogens with zero attached hydrogens (tertiary/aromatic N) is 4. The summed E-state index contributed by atoms with van der Waals surface area (Å²) in [6, 6.07) is 7.30. The van der Waals surface area contributed by atoms with Gasteiger partial charge in [0.2, 0.25) is 0 Å². The summed E-state index contributed by atoms with van der Waals surface area (Å²) in [4.78, 5) is 3.99. The number of hydrogen-bond donors (Lipinski definition) is 2. The molecular weight excluding hydrogens is 342 g/mol. The topological polar surface area (TPSA) is 104 Å². The Kier molecular flexibility index (Phi) is 5.76. The molecule has 0 bridgehead atoms. The van der Waals surface area contributed by atoms with Crippen LogP contribution in [0.25, 0.3) is 0 Å². The highest BCUT2D eigenvalue weighted by molar-refractivity contribution is 6.31. The van der Waals surface area contributed by atoms with Gasteiger partial charge in [0.15, 0.2) is 12.1 Å². The number of aromatic nitrogens is 3. The smallest absolute Gasteiger partial charge is 0.194 e. The second kappa shape index (κ2) is 8.21. The Bertz CT molecular complexity index is 744. The van der Waals surface area contributed by atoms with E-state index in [1.165, 1.54) is 12.4 Å². The molecule has 1 aromatic heterocycles. The summed E-state index contributed by atoms with van der Waals surface area (Å²) in [6.45, 7) is 0. The van der Waals surface area contributed by atoms with Gasteiger partial charge in [0, 0.05) is 18.3 Å². The van der Waals surface area contributed by atoms with E-state index in [2.05, 4.69) is 20.5 Å². The highest BCUT2D eigenvalue weighted by atomic mass is 35.5. The predicted molar refractivity (Wildman–Crippen MR) is 90.8 cm³/mol. The van der Waals surface area contributed by atoms with E-state index in [-0.39, 0.29) is 18.0 Å². The molecule has 1 atom stereocenters. The lowest BCUT2D eigenvalue weighted by Gasteiger charge is -2.30. The molecule has 2 N–H and O–H groups in total. The Hall–Kier alpha value is -2.27. The number of rotatable bonds is 5. The van der Waals surface area contributed by atoms with Crippen LogP contribution in [0.5, 0.6) is 5.75 Å². The van der Waals surface area contributed by atoms with E-state index in [0.717, 1.165) is 25.7 Å². The molecule has 0 radical (unpaired) electrons. The van der Waals surface area contributed by atoms with E-state index in [0.29, 0.717) is 16.3 Å². The van der Waals surface area contributed by atoms with Gasteiger partial charge in [-0.2, -0.15) is 10.4 Å². The zero-order chi connectivity index (χ0) is 17.6. The molecule has 0 amide bonds. The predicted octanol–water partition coefficient (Wildman–Crippen LogP) is 2.37. The average Bonchev–Trinajstić information content (AvgIpc) is 2.64. The van der Waals surface area contributed by atoms with E-state index in [1.54, 1.807) is 18.2 Å². The maximum absolute atomic E-state index is 10.1. The van der Waals surface area contributed by atoms with Crippen LogP contribution >= 0.6 is 11.6 Å². The van der Waals surface area contributed by atoms with Crippen LogP contribution in [0, 0.1) is 11.3 Å². The second-order valence-electron chi connectivity index (χ2n) is 5.92. The molecule has 1 saturated carbocycles. The standard InChI is InChI=1S/C17H18ClN5O2/c18-15-9-14(4-1-11(15)10-19)25-13-5-2-12(3-6-13)22-17(24)16-20-7-8-21-23-16/h1,4,7-9,12-13,17,22,24H,2-3,5-6H2. The quantitative estimate of drug-likeness (QED) is 0.789. The summed E-state index contributed by atoms with van der Waals surface area (Å²) in [5.41, 5.74) is 0.438. The Balaban J connectivity index is 1.49. The number of aliphatic hydroxyl groups excluding tert-OH is 1. The highest BCUT2D eigenvalue weighted by Crippen LogP contribution is 2.27. The van der Waals surface area contributed by atoms with Gasteiger partial charge in [-0.05, 0) is 37.8 Å². The summed E-state index contributed by atoms with van der Waals surface area (Å²) in [7, 11) is 0. The van der Waals surface area contributed by atoms with Crippen LogP contribution in [0.2, 0.25) is 5.02 Å². The number of nitrogens with one attached hydrogen (secondary N) is 1. The van der Waals surface area contributed by atoms with E-state index in [9.17, 15) is 5.11 Å². The molecule has 0 spiro atoms. The normalized spacial score (nSPS) is 21.3. The van der Waals surface area contributed by atoms with Gasteiger partial charge in [-0.25, -0.2) is 4.98 Å². The van der Waals surface area contributed by atoms with Gasteiger partial charge in [0.25, 0.3) is 0 Å². The minimum absolute atomic E-state index is 0.0915. The van der Waals surface area contributed by atoms with Crippen LogP contribution in [-0.4, -0.2) is 32.4 Å². The average molecular weight is 360 g/mol. The lowest BCUT2D eigenvalue weighted by Crippen LogP contribution is -2.38. The first-order chi connectivity index (χ1) is 12.2. The third kappa shape index (κ3) is 4.63. The third-order valence-electron chi connectivity index (χ3n) is 4.18. The van der Waals surface area contributed by atoms with E-state index >= 15 is 0 Å². The summed E-state index contributed by atoms with van der Waals surface area (Å²) in [6.07, 6.45) is 5.58. The van der Waals surface area contributed by atoms with Crippen molar-refractivity contribution in [2.24, 2.45) is 0 Å². The largest absolute Gasteiger partial charge is 0.490 e. The number of benzene rings is 1. The SMILES string of the molecule is N#Cc1ccc(OC2CCC(NC(O)c3nccnn3)CC2)cc1Cl. The third-order valence-corrected chi connectivity index (χ3v) is 4.49. The van der Waals surface area contributed by atoms with Crippen molar-refractivity contribution in [3.8, 4) is 11.8 Å².